The number of carboxylic acids is 1. The number of nitrogens with zero attached hydrogens (tertiary/aromatic N) is 2. The molecule has 0 aliphatic carbocycles. The lowest BCUT2D eigenvalue weighted by molar-refractivity contribution is -0.136. The molecule has 17 heavy (non-hydrogen) atoms. The van der Waals surface area contributed by atoms with Crippen LogP contribution < -0.4 is 5.32 Å². The molecule has 94 valence electrons. The number of carboxylic acid groups (broad SMARTS) is 1. The lowest BCUT2D eigenvalue weighted by atomic mass is 9.96. The summed E-state index contributed by atoms with van der Waals surface area (Å²) in [7, 11) is 0. The highest BCUT2D eigenvalue weighted by molar-refractivity contribution is 5.90. The van der Waals surface area contributed by atoms with Crippen molar-refractivity contribution >= 4 is 11.9 Å². The van der Waals surface area contributed by atoms with Gasteiger partial charge in [0.25, 0.3) is 5.91 Å². The Bertz CT molecular complexity index is 419. The van der Waals surface area contributed by atoms with Gasteiger partial charge in [0.2, 0.25) is 5.82 Å². The Labute approximate surface area is 98.6 Å². The molecule has 1 aromatic rings. The minimum absolute atomic E-state index is 0.0281. The van der Waals surface area contributed by atoms with Gasteiger partial charge in [-0.3, -0.25) is 14.7 Å². The van der Waals surface area contributed by atoms with E-state index in [9.17, 15) is 9.59 Å². The van der Waals surface area contributed by atoms with Crippen molar-refractivity contribution < 1.29 is 14.7 Å². The van der Waals surface area contributed by atoms with Gasteiger partial charge in [-0.1, -0.05) is 20.8 Å². The third-order valence-corrected chi connectivity index (χ3v) is 2.02. The van der Waals surface area contributed by atoms with E-state index >= 15 is 0 Å². The smallest absolute Gasteiger partial charge is 0.305 e. The summed E-state index contributed by atoms with van der Waals surface area (Å²) in [6.07, 6.45) is -0.123. The monoisotopic (exact) mass is 240 g/mol. The van der Waals surface area contributed by atoms with Crippen molar-refractivity contribution in [2.45, 2.75) is 32.6 Å². The third-order valence-electron chi connectivity index (χ3n) is 2.02. The van der Waals surface area contributed by atoms with Crippen LogP contribution in [-0.2, 0) is 10.2 Å². The summed E-state index contributed by atoms with van der Waals surface area (Å²) in [5.41, 5.74) is -0.216. The van der Waals surface area contributed by atoms with Crippen LogP contribution in [-0.4, -0.2) is 38.7 Å². The molecular formula is C10H16N4O3. The Morgan fingerprint density at radius 1 is 1.41 bits per heavy atom. The average molecular weight is 240 g/mol. The summed E-state index contributed by atoms with van der Waals surface area (Å²) in [5, 5.41) is 17.3. The molecule has 0 fully saturated rings. The first-order valence-electron chi connectivity index (χ1n) is 5.23. The Kier molecular flexibility index (Phi) is 3.82. The van der Waals surface area contributed by atoms with Gasteiger partial charge >= 0.3 is 5.97 Å². The van der Waals surface area contributed by atoms with Crippen LogP contribution in [0.3, 0.4) is 0 Å². The first-order chi connectivity index (χ1) is 7.80. The molecule has 0 unspecified atom stereocenters. The standard InChI is InChI=1S/C10H16N4O3/c1-10(2,3)9-12-7(13-14-9)8(17)11-5-4-6(15)16/h4-5H2,1-3H3,(H,11,17)(H,15,16)(H,12,13,14). The third kappa shape index (κ3) is 3.86. The fourth-order valence-electron chi connectivity index (χ4n) is 1.06. The Morgan fingerprint density at radius 3 is 2.53 bits per heavy atom. The highest BCUT2D eigenvalue weighted by Crippen LogP contribution is 2.17. The number of rotatable bonds is 4. The Morgan fingerprint density at radius 2 is 2.06 bits per heavy atom. The maximum Gasteiger partial charge on any atom is 0.305 e. The van der Waals surface area contributed by atoms with Crippen molar-refractivity contribution in [3.8, 4) is 0 Å². The normalized spacial score (nSPS) is 11.2. The molecule has 0 aromatic carbocycles. The number of hydrogen-bond acceptors (Lipinski definition) is 4. The van der Waals surface area contributed by atoms with Gasteiger partial charge in [0, 0.05) is 12.0 Å². The zero-order valence-electron chi connectivity index (χ0n) is 10.1. The zero-order chi connectivity index (χ0) is 13.1. The van der Waals surface area contributed by atoms with Gasteiger partial charge in [0.1, 0.15) is 5.82 Å². The summed E-state index contributed by atoms with van der Waals surface area (Å²) >= 11 is 0. The van der Waals surface area contributed by atoms with E-state index in [-0.39, 0.29) is 24.2 Å². The predicted molar refractivity (Wildman–Crippen MR) is 59.7 cm³/mol. The van der Waals surface area contributed by atoms with E-state index in [1.807, 2.05) is 20.8 Å². The number of amides is 1. The van der Waals surface area contributed by atoms with E-state index in [0.29, 0.717) is 5.82 Å². The molecule has 1 aromatic heterocycles. The lowest BCUT2D eigenvalue weighted by Gasteiger charge is -2.12. The number of H-pyrrole nitrogens is 1. The van der Waals surface area contributed by atoms with Crippen molar-refractivity contribution in [2.75, 3.05) is 6.54 Å². The minimum atomic E-state index is -0.962. The van der Waals surface area contributed by atoms with Gasteiger partial charge < -0.3 is 10.4 Å². The van der Waals surface area contributed by atoms with Crippen LogP contribution in [0.5, 0.6) is 0 Å². The van der Waals surface area contributed by atoms with E-state index in [1.54, 1.807) is 0 Å². The van der Waals surface area contributed by atoms with Gasteiger partial charge in [-0.15, -0.1) is 5.10 Å². The molecular weight excluding hydrogens is 224 g/mol. The minimum Gasteiger partial charge on any atom is -0.481 e. The van der Waals surface area contributed by atoms with Crippen molar-refractivity contribution in [1.82, 2.24) is 20.5 Å². The van der Waals surface area contributed by atoms with Crippen LogP contribution in [0.1, 0.15) is 43.6 Å². The van der Waals surface area contributed by atoms with Gasteiger partial charge in [0.05, 0.1) is 6.42 Å². The van der Waals surface area contributed by atoms with Crippen LogP contribution in [0.15, 0.2) is 0 Å². The van der Waals surface area contributed by atoms with Gasteiger partial charge in [-0.25, -0.2) is 4.98 Å². The molecule has 0 bridgehead atoms. The summed E-state index contributed by atoms with van der Waals surface area (Å²) in [4.78, 5) is 25.8. The van der Waals surface area contributed by atoms with E-state index in [2.05, 4.69) is 20.5 Å². The second kappa shape index (κ2) is 4.94. The SMILES string of the molecule is CC(C)(C)c1nc(C(=O)NCCC(=O)O)n[nH]1. The van der Waals surface area contributed by atoms with Crippen LogP contribution in [0.4, 0.5) is 0 Å². The highest BCUT2D eigenvalue weighted by Gasteiger charge is 2.21. The molecule has 0 saturated heterocycles. The molecule has 1 heterocycles. The van der Waals surface area contributed by atoms with Gasteiger partial charge in [-0.05, 0) is 0 Å². The van der Waals surface area contributed by atoms with Crippen LogP contribution in [0.25, 0.3) is 0 Å². The predicted octanol–water partition coefficient (Wildman–Crippen LogP) is 0.307. The van der Waals surface area contributed by atoms with Crippen molar-refractivity contribution in [3.05, 3.63) is 11.6 Å². The summed E-state index contributed by atoms with van der Waals surface area (Å²) in [6.45, 7) is 5.90. The fourth-order valence-corrected chi connectivity index (χ4v) is 1.06. The second-order valence-electron chi connectivity index (χ2n) is 4.66. The number of hydrogen-bond donors (Lipinski definition) is 3. The molecule has 3 N–H and O–H groups in total. The van der Waals surface area contributed by atoms with E-state index < -0.39 is 11.9 Å². The van der Waals surface area contributed by atoms with Crippen molar-refractivity contribution in [3.63, 3.8) is 0 Å². The maximum atomic E-state index is 11.5. The first kappa shape index (κ1) is 13.1. The van der Waals surface area contributed by atoms with Crippen LogP contribution in [0.2, 0.25) is 0 Å². The van der Waals surface area contributed by atoms with Crippen molar-refractivity contribution in [1.29, 1.82) is 0 Å². The number of nitrogens with one attached hydrogen (secondary N) is 2. The second-order valence-corrected chi connectivity index (χ2v) is 4.66. The van der Waals surface area contributed by atoms with Crippen molar-refractivity contribution in [2.24, 2.45) is 0 Å². The molecule has 0 aliphatic heterocycles. The summed E-state index contributed by atoms with van der Waals surface area (Å²) < 4.78 is 0. The van der Waals surface area contributed by atoms with E-state index in [1.165, 1.54) is 0 Å². The number of carbonyl (C=O) groups is 2. The average Bonchev–Trinajstić information content (AvgIpc) is 2.64. The lowest BCUT2D eigenvalue weighted by Crippen LogP contribution is -2.27. The molecule has 1 amide bonds. The first-order valence-corrected chi connectivity index (χ1v) is 5.23. The van der Waals surface area contributed by atoms with Crippen LogP contribution in [0, 0.1) is 0 Å². The molecule has 0 radical (unpaired) electrons. The fraction of sp³-hybridized carbons (Fsp3) is 0.600. The molecule has 0 saturated carbocycles. The molecule has 0 atom stereocenters. The molecule has 7 nitrogen and oxygen atoms in total. The van der Waals surface area contributed by atoms with Gasteiger partial charge in [-0.2, -0.15) is 0 Å². The topological polar surface area (TPSA) is 108 Å². The number of aromatic amines is 1. The Balaban J connectivity index is 2.58. The van der Waals surface area contributed by atoms with Crippen LogP contribution >= 0.6 is 0 Å². The van der Waals surface area contributed by atoms with Gasteiger partial charge in [0.15, 0.2) is 0 Å². The molecule has 7 heteroatoms. The highest BCUT2D eigenvalue weighted by atomic mass is 16.4. The van der Waals surface area contributed by atoms with E-state index in [4.69, 9.17) is 5.11 Å². The maximum absolute atomic E-state index is 11.5. The molecule has 0 spiro atoms. The zero-order valence-corrected chi connectivity index (χ0v) is 10.1. The molecule has 0 aliphatic rings. The molecule has 1 rings (SSSR count). The number of carbonyl (C=O) groups excluding carboxylic acids is 1. The number of aliphatic carboxylic acids is 1. The van der Waals surface area contributed by atoms with E-state index in [0.717, 1.165) is 0 Å². The number of aromatic nitrogens is 3. The summed E-state index contributed by atoms with van der Waals surface area (Å²) in [5.74, 6) is -0.796. The quantitative estimate of drug-likeness (QED) is 0.701. The Hall–Kier alpha value is -1.92. The largest absolute Gasteiger partial charge is 0.481 e. The summed E-state index contributed by atoms with van der Waals surface area (Å²) in [6, 6.07) is 0.